The predicted octanol–water partition coefficient (Wildman–Crippen LogP) is 5.05. The molecule has 6 heteroatoms. The molecule has 0 atom stereocenters. The number of H-pyrrole nitrogens is 1. The molecule has 0 bridgehead atoms. The van der Waals surface area contributed by atoms with E-state index in [1.54, 1.807) is 0 Å². The second-order valence-corrected chi connectivity index (χ2v) is 7.05. The van der Waals surface area contributed by atoms with Gasteiger partial charge in [-0.25, -0.2) is 0 Å². The number of amides is 2. The lowest BCUT2D eigenvalue weighted by Crippen LogP contribution is -2.14. The summed E-state index contributed by atoms with van der Waals surface area (Å²) in [5.41, 5.74) is 5.20. The third-order valence-corrected chi connectivity index (χ3v) is 4.67. The van der Waals surface area contributed by atoms with E-state index in [0.29, 0.717) is 6.42 Å². The molecule has 0 saturated carbocycles. The van der Waals surface area contributed by atoms with E-state index in [1.165, 1.54) is 6.92 Å². The predicted molar refractivity (Wildman–Crippen MR) is 121 cm³/mol. The first-order chi connectivity index (χ1) is 14.6. The summed E-state index contributed by atoms with van der Waals surface area (Å²) in [5.74, 6) is -0.177. The van der Waals surface area contributed by atoms with Crippen LogP contribution in [0.25, 0.3) is 10.9 Å². The number of carbonyl (C=O) groups excluding carboxylic acids is 2. The van der Waals surface area contributed by atoms with Gasteiger partial charge in [0.2, 0.25) is 11.8 Å². The van der Waals surface area contributed by atoms with Gasteiger partial charge < -0.3 is 20.9 Å². The Morgan fingerprint density at radius 3 is 2.33 bits per heavy atom. The van der Waals surface area contributed by atoms with E-state index >= 15 is 0 Å². The van der Waals surface area contributed by atoms with Crippen LogP contribution in [0.2, 0.25) is 0 Å². The molecule has 4 aromatic rings. The monoisotopic (exact) mass is 398 g/mol. The Hall–Kier alpha value is -4.06. The van der Waals surface area contributed by atoms with Crippen molar-refractivity contribution in [3.8, 4) is 0 Å². The highest BCUT2D eigenvalue weighted by molar-refractivity contribution is 5.96. The molecule has 0 aliphatic carbocycles. The van der Waals surface area contributed by atoms with Gasteiger partial charge in [0.05, 0.1) is 6.42 Å². The lowest BCUT2D eigenvalue weighted by Gasteiger charge is -2.10. The lowest BCUT2D eigenvalue weighted by molar-refractivity contribution is -0.116. The number of hydrogen-bond acceptors (Lipinski definition) is 3. The molecular formula is C24H22N4O2. The summed E-state index contributed by atoms with van der Waals surface area (Å²) in [6, 6.07) is 22.9. The minimum atomic E-state index is -0.111. The molecule has 1 aromatic heterocycles. The molecule has 6 nitrogen and oxygen atoms in total. The second kappa shape index (κ2) is 8.53. The van der Waals surface area contributed by atoms with Crippen LogP contribution < -0.4 is 16.0 Å². The molecule has 0 saturated heterocycles. The van der Waals surface area contributed by atoms with Gasteiger partial charge in [0.1, 0.15) is 0 Å². The van der Waals surface area contributed by atoms with Crippen molar-refractivity contribution < 1.29 is 9.59 Å². The average Bonchev–Trinajstić information content (AvgIpc) is 3.12. The minimum Gasteiger partial charge on any atom is -0.361 e. The average molecular weight is 398 g/mol. The van der Waals surface area contributed by atoms with Crippen LogP contribution in [0.15, 0.2) is 79.0 Å². The zero-order chi connectivity index (χ0) is 20.9. The molecular weight excluding hydrogens is 376 g/mol. The Labute approximate surface area is 174 Å². The fraction of sp³-hybridized carbons (Fsp3) is 0.0833. The number of para-hydroxylation sites is 1. The zero-order valence-corrected chi connectivity index (χ0v) is 16.5. The molecule has 0 aliphatic rings. The molecule has 0 fully saturated rings. The maximum absolute atomic E-state index is 12.4. The maximum Gasteiger partial charge on any atom is 0.228 e. The van der Waals surface area contributed by atoms with Crippen molar-refractivity contribution >= 4 is 45.5 Å². The van der Waals surface area contributed by atoms with Crippen LogP contribution in [0.3, 0.4) is 0 Å². The number of nitrogens with one attached hydrogen (secondary N) is 4. The van der Waals surface area contributed by atoms with Crippen molar-refractivity contribution in [1.82, 2.24) is 4.98 Å². The van der Waals surface area contributed by atoms with Crippen molar-refractivity contribution in [3.63, 3.8) is 0 Å². The Morgan fingerprint density at radius 1 is 0.800 bits per heavy atom. The van der Waals surface area contributed by atoms with Gasteiger partial charge in [-0.15, -0.1) is 0 Å². The van der Waals surface area contributed by atoms with Gasteiger partial charge >= 0.3 is 0 Å². The molecule has 30 heavy (non-hydrogen) atoms. The maximum atomic E-state index is 12.4. The molecule has 150 valence electrons. The first-order valence-electron chi connectivity index (χ1n) is 9.66. The Kier molecular flexibility index (Phi) is 5.48. The summed E-state index contributed by atoms with van der Waals surface area (Å²) in [4.78, 5) is 26.8. The van der Waals surface area contributed by atoms with Crippen LogP contribution in [-0.2, 0) is 16.0 Å². The normalized spacial score (nSPS) is 10.6. The van der Waals surface area contributed by atoms with Gasteiger partial charge in [-0.3, -0.25) is 9.59 Å². The summed E-state index contributed by atoms with van der Waals surface area (Å²) >= 11 is 0. The van der Waals surface area contributed by atoms with Gasteiger partial charge in [-0.1, -0.05) is 24.3 Å². The zero-order valence-electron chi connectivity index (χ0n) is 16.5. The molecule has 0 unspecified atom stereocenters. The number of anilines is 4. The third-order valence-electron chi connectivity index (χ3n) is 4.67. The van der Waals surface area contributed by atoms with Crippen molar-refractivity contribution in [3.05, 3.63) is 84.6 Å². The minimum absolute atomic E-state index is 0.0662. The van der Waals surface area contributed by atoms with Crippen LogP contribution in [-0.4, -0.2) is 16.8 Å². The molecule has 1 heterocycles. The van der Waals surface area contributed by atoms with Crippen LogP contribution in [0.5, 0.6) is 0 Å². The molecule has 0 spiro atoms. The number of carbonyl (C=O) groups is 2. The molecule has 0 aliphatic heterocycles. The highest BCUT2D eigenvalue weighted by Crippen LogP contribution is 2.22. The smallest absolute Gasteiger partial charge is 0.228 e. The number of rotatable bonds is 6. The summed E-state index contributed by atoms with van der Waals surface area (Å²) in [6.45, 7) is 1.48. The summed E-state index contributed by atoms with van der Waals surface area (Å²) in [5, 5.41) is 10.1. The van der Waals surface area contributed by atoms with Crippen molar-refractivity contribution in [1.29, 1.82) is 0 Å². The summed E-state index contributed by atoms with van der Waals surface area (Å²) in [7, 11) is 0. The topological polar surface area (TPSA) is 86.0 Å². The van der Waals surface area contributed by atoms with Gasteiger partial charge in [0.25, 0.3) is 0 Å². The van der Waals surface area contributed by atoms with Gasteiger partial charge in [0.15, 0.2) is 0 Å². The number of aromatic nitrogens is 1. The van der Waals surface area contributed by atoms with Crippen molar-refractivity contribution in [2.45, 2.75) is 13.3 Å². The van der Waals surface area contributed by atoms with E-state index < -0.39 is 0 Å². The molecule has 2 amide bonds. The summed E-state index contributed by atoms with van der Waals surface area (Å²) < 4.78 is 0. The van der Waals surface area contributed by atoms with Crippen LogP contribution in [0.4, 0.5) is 22.7 Å². The van der Waals surface area contributed by atoms with Gasteiger partial charge in [-0.05, 0) is 54.1 Å². The SMILES string of the molecule is CC(=O)Nc1cccc(Nc2ccc(NC(=O)Cc3c[nH]c4ccccc34)cc2)c1. The summed E-state index contributed by atoms with van der Waals surface area (Å²) in [6.07, 6.45) is 2.19. The van der Waals surface area contributed by atoms with Crippen LogP contribution >= 0.6 is 0 Å². The van der Waals surface area contributed by atoms with Gasteiger partial charge in [-0.2, -0.15) is 0 Å². The van der Waals surface area contributed by atoms with Crippen molar-refractivity contribution in [2.24, 2.45) is 0 Å². The highest BCUT2D eigenvalue weighted by Gasteiger charge is 2.09. The highest BCUT2D eigenvalue weighted by atomic mass is 16.2. The van der Waals surface area contributed by atoms with E-state index in [0.717, 1.165) is 39.2 Å². The largest absolute Gasteiger partial charge is 0.361 e. The van der Waals surface area contributed by atoms with Crippen molar-refractivity contribution in [2.75, 3.05) is 16.0 Å². The van der Waals surface area contributed by atoms with Gasteiger partial charge in [0, 0.05) is 46.8 Å². The van der Waals surface area contributed by atoms with E-state index in [9.17, 15) is 9.59 Å². The second-order valence-electron chi connectivity index (χ2n) is 7.05. The third kappa shape index (κ3) is 4.67. The number of aromatic amines is 1. The number of fused-ring (bicyclic) bond motifs is 1. The lowest BCUT2D eigenvalue weighted by atomic mass is 10.1. The Balaban J connectivity index is 1.37. The standard InChI is InChI=1S/C24H22N4O2/c1-16(29)26-20-5-4-6-21(14-20)27-18-9-11-19(12-10-18)28-24(30)13-17-15-25-23-8-3-2-7-22(17)23/h2-12,14-15,25,27H,13H2,1H3,(H,26,29)(H,28,30). The Bertz CT molecular complexity index is 1200. The molecule has 3 aromatic carbocycles. The molecule has 4 N–H and O–H groups in total. The van der Waals surface area contributed by atoms with E-state index in [2.05, 4.69) is 20.9 Å². The first-order valence-corrected chi connectivity index (χ1v) is 9.66. The van der Waals surface area contributed by atoms with Crippen LogP contribution in [0.1, 0.15) is 12.5 Å². The fourth-order valence-corrected chi connectivity index (χ4v) is 3.34. The molecule has 0 radical (unpaired) electrons. The quantitative estimate of drug-likeness (QED) is 0.367. The number of benzene rings is 3. The van der Waals surface area contributed by atoms with E-state index in [4.69, 9.17) is 0 Å². The van der Waals surface area contributed by atoms with E-state index in [-0.39, 0.29) is 11.8 Å². The first kappa shape index (κ1) is 19.3. The Morgan fingerprint density at radius 2 is 1.53 bits per heavy atom. The van der Waals surface area contributed by atoms with Crippen LogP contribution in [0, 0.1) is 0 Å². The van der Waals surface area contributed by atoms with E-state index in [1.807, 2.05) is 79.0 Å². The molecule has 4 rings (SSSR count). The number of hydrogen-bond donors (Lipinski definition) is 4. The fourth-order valence-electron chi connectivity index (χ4n) is 3.34.